The highest BCUT2D eigenvalue weighted by molar-refractivity contribution is 5.87. The van der Waals surface area contributed by atoms with Crippen molar-refractivity contribution in [1.29, 1.82) is 0 Å². The molecule has 0 saturated heterocycles. The maximum Gasteiger partial charge on any atom is 0.244 e. The van der Waals surface area contributed by atoms with Gasteiger partial charge in [-0.3, -0.25) is 4.79 Å². The number of rotatable bonds is 5. The zero-order chi connectivity index (χ0) is 16.2. The van der Waals surface area contributed by atoms with Gasteiger partial charge in [0, 0.05) is 6.54 Å². The third-order valence-electron chi connectivity index (χ3n) is 4.06. The predicted octanol–water partition coefficient (Wildman–Crippen LogP) is 3.51. The van der Waals surface area contributed by atoms with E-state index in [-0.39, 0.29) is 24.2 Å². The molecule has 0 spiro atoms. The lowest BCUT2D eigenvalue weighted by Gasteiger charge is -2.25. The second-order valence-corrected chi connectivity index (χ2v) is 6.09. The van der Waals surface area contributed by atoms with E-state index in [0.717, 1.165) is 5.56 Å². The van der Waals surface area contributed by atoms with Crippen LogP contribution >= 0.6 is 12.4 Å². The second-order valence-electron chi connectivity index (χ2n) is 6.09. The van der Waals surface area contributed by atoms with E-state index in [9.17, 15) is 4.79 Å². The summed E-state index contributed by atoms with van der Waals surface area (Å²) in [7, 11) is 0. The van der Waals surface area contributed by atoms with E-state index in [1.807, 2.05) is 30.3 Å². The van der Waals surface area contributed by atoms with Gasteiger partial charge in [-0.25, -0.2) is 0 Å². The van der Waals surface area contributed by atoms with Crippen molar-refractivity contribution < 1.29 is 4.79 Å². The molecule has 4 heteroatoms. The molecule has 0 aliphatic heterocycles. The third kappa shape index (κ3) is 4.81. The standard InChI is InChI=1S/C19H24N2O.ClH/c1-14-9-11-16(12-10-14)15(2)13-21-18(22)19(3,20)17-7-5-4-6-8-17;/h4-12,15H,13,20H2,1-3H3,(H,21,22);1H. The van der Waals surface area contributed by atoms with Crippen molar-refractivity contribution in [1.82, 2.24) is 5.32 Å². The van der Waals surface area contributed by atoms with Gasteiger partial charge in [0.1, 0.15) is 5.54 Å². The van der Waals surface area contributed by atoms with Crippen LogP contribution in [0.1, 0.15) is 36.5 Å². The molecule has 1 amide bonds. The number of aryl methyl sites for hydroxylation is 1. The van der Waals surface area contributed by atoms with Crippen LogP contribution in [0.2, 0.25) is 0 Å². The van der Waals surface area contributed by atoms with Crippen molar-refractivity contribution in [3.8, 4) is 0 Å². The summed E-state index contributed by atoms with van der Waals surface area (Å²) in [5, 5.41) is 2.97. The van der Waals surface area contributed by atoms with Crippen molar-refractivity contribution in [3.63, 3.8) is 0 Å². The quantitative estimate of drug-likeness (QED) is 0.880. The minimum absolute atomic E-state index is 0. The number of hydrogen-bond acceptors (Lipinski definition) is 2. The van der Waals surface area contributed by atoms with Crippen molar-refractivity contribution in [2.24, 2.45) is 5.73 Å². The van der Waals surface area contributed by atoms with Crippen molar-refractivity contribution >= 4 is 18.3 Å². The minimum Gasteiger partial charge on any atom is -0.354 e. The highest BCUT2D eigenvalue weighted by Crippen LogP contribution is 2.19. The Bertz CT molecular complexity index is 624. The van der Waals surface area contributed by atoms with Crippen LogP contribution in [0.25, 0.3) is 0 Å². The Labute approximate surface area is 144 Å². The molecule has 0 aliphatic rings. The lowest BCUT2D eigenvalue weighted by molar-refractivity contribution is -0.126. The van der Waals surface area contributed by atoms with Gasteiger partial charge < -0.3 is 11.1 Å². The van der Waals surface area contributed by atoms with Gasteiger partial charge in [0.05, 0.1) is 0 Å². The summed E-state index contributed by atoms with van der Waals surface area (Å²) >= 11 is 0. The molecule has 0 fully saturated rings. The van der Waals surface area contributed by atoms with Crippen LogP contribution in [0.4, 0.5) is 0 Å². The first-order chi connectivity index (χ1) is 10.4. The second kappa shape index (κ2) is 8.14. The zero-order valence-electron chi connectivity index (χ0n) is 13.9. The van der Waals surface area contributed by atoms with Gasteiger partial charge in [-0.15, -0.1) is 12.4 Å². The highest BCUT2D eigenvalue weighted by Gasteiger charge is 2.30. The average Bonchev–Trinajstić information content (AvgIpc) is 2.53. The molecule has 0 aromatic heterocycles. The fourth-order valence-electron chi connectivity index (χ4n) is 2.36. The number of benzene rings is 2. The van der Waals surface area contributed by atoms with Gasteiger partial charge in [0.2, 0.25) is 5.91 Å². The molecule has 0 bridgehead atoms. The predicted molar refractivity (Wildman–Crippen MR) is 97.8 cm³/mol. The van der Waals surface area contributed by atoms with E-state index >= 15 is 0 Å². The molecule has 2 rings (SSSR count). The Kier molecular flexibility index (Phi) is 6.79. The molecule has 3 nitrogen and oxygen atoms in total. The SMILES string of the molecule is Cc1ccc(C(C)CNC(=O)C(C)(N)c2ccccc2)cc1.Cl. The Morgan fingerprint density at radius 2 is 1.70 bits per heavy atom. The average molecular weight is 333 g/mol. The fourth-order valence-corrected chi connectivity index (χ4v) is 2.36. The first-order valence-electron chi connectivity index (χ1n) is 7.60. The molecule has 2 aromatic rings. The minimum atomic E-state index is -1.02. The number of nitrogens with two attached hydrogens (primary N) is 1. The largest absolute Gasteiger partial charge is 0.354 e. The lowest BCUT2D eigenvalue weighted by Crippen LogP contribution is -2.49. The van der Waals surface area contributed by atoms with E-state index in [2.05, 4.69) is 43.4 Å². The molecule has 3 N–H and O–H groups in total. The third-order valence-corrected chi connectivity index (χ3v) is 4.06. The first-order valence-corrected chi connectivity index (χ1v) is 7.60. The molecular weight excluding hydrogens is 308 g/mol. The maximum atomic E-state index is 12.4. The first kappa shape index (κ1) is 19.2. The van der Waals surface area contributed by atoms with Gasteiger partial charge >= 0.3 is 0 Å². The Morgan fingerprint density at radius 1 is 1.13 bits per heavy atom. The summed E-state index contributed by atoms with van der Waals surface area (Å²) in [4.78, 5) is 12.4. The molecular formula is C19H25ClN2O. The van der Waals surface area contributed by atoms with Crippen molar-refractivity contribution in [2.45, 2.75) is 32.2 Å². The molecule has 2 aromatic carbocycles. The maximum absolute atomic E-state index is 12.4. The number of amides is 1. The number of halogens is 1. The summed E-state index contributed by atoms with van der Waals surface area (Å²) < 4.78 is 0. The summed E-state index contributed by atoms with van der Waals surface area (Å²) in [5.41, 5.74) is 8.46. The summed E-state index contributed by atoms with van der Waals surface area (Å²) in [6, 6.07) is 17.8. The lowest BCUT2D eigenvalue weighted by atomic mass is 9.92. The summed E-state index contributed by atoms with van der Waals surface area (Å²) in [6.45, 7) is 6.48. The number of hydrogen-bond donors (Lipinski definition) is 2. The van der Waals surface area contributed by atoms with E-state index in [1.54, 1.807) is 6.92 Å². The van der Waals surface area contributed by atoms with E-state index in [1.165, 1.54) is 11.1 Å². The Hall–Kier alpha value is -1.84. The van der Waals surface area contributed by atoms with Crippen LogP contribution in [-0.4, -0.2) is 12.5 Å². The number of carbonyl (C=O) groups excluding carboxylic acids is 1. The Balaban J connectivity index is 0.00000264. The van der Waals surface area contributed by atoms with Crippen LogP contribution < -0.4 is 11.1 Å². The zero-order valence-corrected chi connectivity index (χ0v) is 14.7. The van der Waals surface area contributed by atoms with Gasteiger partial charge in [-0.1, -0.05) is 67.1 Å². The Morgan fingerprint density at radius 3 is 2.26 bits per heavy atom. The molecule has 2 unspecified atom stereocenters. The smallest absolute Gasteiger partial charge is 0.244 e. The molecule has 0 saturated carbocycles. The van der Waals surface area contributed by atoms with Gasteiger partial charge in [0.25, 0.3) is 0 Å². The molecule has 2 atom stereocenters. The molecule has 0 heterocycles. The monoisotopic (exact) mass is 332 g/mol. The van der Waals surface area contributed by atoms with Crippen LogP contribution in [0.5, 0.6) is 0 Å². The van der Waals surface area contributed by atoms with Crippen LogP contribution in [0.15, 0.2) is 54.6 Å². The normalized spacial score (nSPS) is 14.3. The fraction of sp³-hybridized carbons (Fsp3) is 0.316. The summed E-state index contributed by atoms with van der Waals surface area (Å²) in [6.07, 6.45) is 0. The molecule has 0 radical (unpaired) electrons. The van der Waals surface area contributed by atoms with E-state index < -0.39 is 5.54 Å². The van der Waals surface area contributed by atoms with Crippen LogP contribution in [0.3, 0.4) is 0 Å². The van der Waals surface area contributed by atoms with E-state index in [0.29, 0.717) is 6.54 Å². The molecule has 0 aliphatic carbocycles. The van der Waals surface area contributed by atoms with Crippen LogP contribution in [-0.2, 0) is 10.3 Å². The molecule has 124 valence electrons. The van der Waals surface area contributed by atoms with Crippen LogP contribution in [0, 0.1) is 6.92 Å². The van der Waals surface area contributed by atoms with Gasteiger partial charge in [-0.05, 0) is 30.9 Å². The van der Waals surface area contributed by atoms with Crippen molar-refractivity contribution in [2.75, 3.05) is 6.54 Å². The van der Waals surface area contributed by atoms with E-state index in [4.69, 9.17) is 5.73 Å². The van der Waals surface area contributed by atoms with Gasteiger partial charge in [-0.2, -0.15) is 0 Å². The topological polar surface area (TPSA) is 55.1 Å². The summed E-state index contributed by atoms with van der Waals surface area (Å²) in [5.74, 6) is 0.0915. The van der Waals surface area contributed by atoms with Crippen molar-refractivity contribution in [3.05, 3.63) is 71.3 Å². The molecule has 23 heavy (non-hydrogen) atoms. The highest BCUT2D eigenvalue weighted by atomic mass is 35.5. The van der Waals surface area contributed by atoms with Gasteiger partial charge in [0.15, 0.2) is 0 Å². The number of nitrogens with one attached hydrogen (secondary N) is 1. The number of carbonyl (C=O) groups is 1.